The minimum atomic E-state index is -0.651. The Bertz CT molecular complexity index is 1090. The van der Waals surface area contributed by atoms with Crippen LogP contribution in [0.3, 0.4) is 0 Å². The zero-order valence-corrected chi connectivity index (χ0v) is 14.9. The van der Waals surface area contributed by atoms with Crippen molar-refractivity contribution >= 4 is 16.9 Å². The first-order valence-electron chi connectivity index (χ1n) is 8.86. The summed E-state index contributed by atoms with van der Waals surface area (Å²) in [6, 6.07) is 10.3. The van der Waals surface area contributed by atoms with Gasteiger partial charge in [-0.3, -0.25) is 13.9 Å². The SMILES string of the molecule is Cn1c(=O)n(CC(=O)N2CCCC2c2ccc(F)cc2F)c2ccccc21. The molecule has 1 fully saturated rings. The zero-order valence-electron chi connectivity index (χ0n) is 14.9. The Morgan fingerprint density at radius 3 is 2.63 bits per heavy atom. The molecule has 0 N–H and O–H groups in total. The zero-order chi connectivity index (χ0) is 19.1. The van der Waals surface area contributed by atoms with E-state index in [-0.39, 0.29) is 18.1 Å². The maximum Gasteiger partial charge on any atom is 0.329 e. The summed E-state index contributed by atoms with van der Waals surface area (Å²) in [5, 5.41) is 0. The number of aromatic nitrogens is 2. The molecule has 1 aromatic heterocycles. The molecular weight excluding hydrogens is 352 g/mol. The number of imidazole rings is 1. The highest BCUT2D eigenvalue weighted by molar-refractivity contribution is 5.81. The number of halogens is 2. The summed E-state index contributed by atoms with van der Waals surface area (Å²) in [5.74, 6) is -1.55. The van der Waals surface area contributed by atoms with Crippen LogP contribution in [-0.4, -0.2) is 26.5 Å². The Hall–Kier alpha value is -2.96. The first-order chi connectivity index (χ1) is 13.0. The quantitative estimate of drug-likeness (QED) is 0.711. The van der Waals surface area contributed by atoms with Crippen molar-refractivity contribution in [3.05, 3.63) is 70.1 Å². The van der Waals surface area contributed by atoms with Crippen molar-refractivity contribution in [2.75, 3.05) is 6.54 Å². The molecule has 1 unspecified atom stereocenters. The van der Waals surface area contributed by atoms with Crippen LogP contribution in [0.2, 0.25) is 0 Å². The maximum atomic E-state index is 14.2. The molecule has 27 heavy (non-hydrogen) atoms. The topological polar surface area (TPSA) is 47.2 Å². The van der Waals surface area contributed by atoms with Crippen molar-refractivity contribution in [1.29, 1.82) is 0 Å². The molecule has 0 radical (unpaired) electrons. The number of carbonyl (C=O) groups excluding carboxylic acids is 1. The molecule has 140 valence electrons. The molecule has 1 amide bonds. The van der Waals surface area contributed by atoms with E-state index in [2.05, 4.69) is 0 Å². The van der Waals surface area contributed by atoms with Gasteiger partial charge in [0.2, 0.25) is 5.91 Å². The number of rotatable bonds is 3. The lowest BCUT2D eigenvalue weighted by molar-refractivity contribution is -0.132. The first kappa shape index (κ1) is 17.5. The lowest BCUT2D eigenvalue weighted by atomic mass is 10.0. The number of hydrogen-bond donors (Lipinski definition) is 0. The molecule has 1 aliphatic rings. The van der Waals surface area contributed by atoms with Gasteiger partial charge >= 0.3 is 5.69 Å². The van der Waals surface area contributed by atoms with Crippen molar-refractivity contribution < 1.29 is 13.6 Å². The van der Waals surface area contributed by atoms with E-state index in [0.717, 1.165) is 18.0 Å². The third-order valence-electron chi connectivity index (χ3n) is 5.24. The summed E-state index contributed by atoms with van der Waals surface area (Å²) in [5.41, 5.74) is 1.47. The van der Waals surface area contributed by atoms with Crippen molar-refractivity contribution in [1.82, 2.24) is 14.0 Å². The van der Waals surface area contributed by atoms with E-state index in [4.69, 9.17) is 0 Å². The average molecular weight is 371 g/mol. The average Bonchev–Trinajstić information content (AvgIpc) is 3.22. The summed E-state index contributed by atoms with van der Waals surface area (Å²) >= 11 is 0. The summed E-state index contributed by atoms with van der Waals surface area (Å²) in [6.07, 6.45) is 1.34. The number of para-hydroxylation sites is 2. The predicted octanol–water partition coefficient (Wildman–Crippen LogP) is 2.98. The molecule has 4 rings (SSSR count). The highest BCUT2D eigenvalue weighted by atomic mass is 19.1. The van der Waals surface area contributed by atoms with Crippen LogP contribution >= 0.6 is 0 Å². The van der Waals surface area contributed by atoms with Crippen LogP contribution in [0.25, 0.3) is 11.0 Å². The Morgan fingerprint density at radius 2 is 1.89 bits per heavy atom. The second-order valence-electron chi connectivity index (χ2n) is 6.83. The van der Waals surface area contributed by atoms with Gasteiger partial charge in [-0.1, -0.05) is 18.2 Å². The fourth-order valence-corrected chi connectivity index (χ4v) is 3.90. The number of nitrogens with zero attached hydrogens (tertiary/aromatic N) is 3. The van der Waals surface area contributed by atoms with Gasteiger partial charge in [0.05, 0.1) is 17.1 Å². The molecule has 0 aliphatic carbocycles. The minimum Gasteiger partial charge on any atom is -0.334 e. The van der Waals surface area contributed by atoms with Crippen molar-refractivity contribution in [2.45, 2.75) is 25.4 Å². The number of hydrogen-bond acceptors (Lipinski definition) is 2. The number of benzene rings is 2. The Morgan fingerprint density at radius 1 is 1.15 bits per heavy atom. The van der Waals surface area contributed by atoms with E-state index < -0.39 is 17.7 Å². The van der Waals surface area contributed by atoms with E-state index in [1.165, 1.54) is 21.3 Å². The Kier molecular flexibility index (Phi) is 4.30. The second kappa shape index (κ2) is 6.64. The van der Waals surface area contributed by atoms with E-state index >= 15 is 0 Å². The van der Waals surface area contributed by atoms with Gasteiger partial charge in [-0.2, -0.15) is 0 Å². The Balaban J connectivity index is 1.65. The molecule has 1 saturated heterocycles. The third kappa shape index (κ3) is 2.93. The number of amides is 1. The van der Waals surface area contributed by atoms with Crippen LogP contribution in [-0.2, 0) is 18.4 Å². The molecule has 0 saturated carbocycles. The fourth-order valence-electron chi connectivity index (χ4n) is 3.90. The molecule has 0 bridgehead atoms. The molecule has 5 nitrogen and oxygen atoms in total. The van der Waals surface area contributed by atoms with Crippen molar-refractivity contribution in [2.24, 2.45) is 7.05 Å². The van der Waals surface area contributed by atoms with Gasteiger partial charge < -0.3 is 4.90 Å². The molecule has 2 heterocycles. The van der Waals surface area contributed by atoms with E-state index in [0.29, 0.717) is 24.0 Å². The number of aryl methyl sites for hydroxylation is 1. The number of likely N-dealkylation sites (tertiary alicyclic amines) is 1. The highest BCUT2D eigenvalue weighted by Crippen LogP contribution is 2.33. The molecule has 3 aromatic rings. The van der Waals surface area contributed by atoms with Crippen LogP contribution < -0.4 is 5.69 Å². The van der Waals surface area contributed by atoms with Crippen LogP contribution in [0.1, 0.15) is 24.4 Å². The standard InChI is InChI=1S/C20H19F2N3O2/c1-23-17-5-2-3-6-18(17)25(20(23)27)12-19(26)24-10-4-7-16(24)14-9-8-13(21)11-15(14)22/h2-3,5-6,8-9,11,16H,4,7,10,12H2,1H3. The molecule has 7 heteroatoms. The van der Waals surface area contributed by atoms with E-state index in [9.17, 15) is 18.4 Å². The largest absolute Gasteiger partial charge is 0.334 e. The fraction of sp³-hybridized carbons (Fsp3) is 0.300. The maximum absolute atomic E-state index is 14.2. The Labute approximate surface area is 154 Å². The van der Waals surface area contributed by atoms with Gasteiger partial charge in [-0.05, 0) is 31.0 Å². The van der Waals surface area contributed by atoms with Crippen molar-refractivity contribution in [3.8, 4) is 0 Å². The predicted molar refractivity (Wildman–Crippen MR) is 97.2 cm³/mol. The van der Waals surface area contributed by atoms with Crippen LogP contribution in [0.15, 0.2) is 47.3 Å². The van der Waals surface area contributed by atoms with Gasteiger partial charge in [-0.15, -0.1) is 0 Å². The molecular formula is C20H19F2N3O2. The number of fused-ring (bicyclic) bond motifs is 1. The molecule has 2 aromatic carbocycles. The summed E-state index contributed by atoms with van der Waals surface area (Å²) in [4.78, 5) is 27.1. The first-order valence-corrected chi connectivity index (χ1v) is 8.86. The second-order valence-corrected chi connectivity index (χ2v) is 6.83. The third-order valence-corrected chi connectivity index (χ3v) is 5.24. The lowest BCUT2D eigenvalue weighted by Gasteiger charge is -2.25. The van der Waals surface area contributed by atoms with Gasteiger partial charge in [-0.25, -0.2) is 13.6 Å². The highest BCUT2D eigenvalue weighted by Gasteiger charge is 2.32. The summed E-state index contributed by atoms with van der Waals surface area (Å²) in [6.45, 7) is 0.374. The van der Waals surface area contributed by atoms with Crippen LogP contribution in [0, 0.1) is 11.6 Å². The van der Waals surface area contributed by atoms with E-state index in [1.807, 2.05) is 18.2 Å². The molecule has 0 spiro atoms. The van der Waals surface area contributed by atoms with Gasteiger partial charge in [0, 0.05) is 25.2 Å². The molecule has 1 aliphatic heterocycles. The normalized spacial score (nSPS) is 17.0. The molecule has 1 atom stereocenters. The summed E-state index contributed by atoms with van der Waals surface area (Å²) < 4.78 is 30.4. The minimum absolute atomic E-state index is 0.112. The van der Waals surface area contributed by atoms with Gasteiger partial charge in [0.1, 0.15) is 18.2 Å². The summed E-state index contributed by atoms with van der Waals surface area (Å²) in [7, 11) is 1.66. The van der Waals surface area contributed by atoms with Crippen LogP contribution in [0.5, 0.6) is 0 Å². The van der Waals surface area contributed by atoms with Crippen molar-refractivity contribution in [3.63, 3.8) is 0 Å². The monoisotopic (exact) mass is 371 g/mol. The lowest BCUT2D eigenvalue weighted by Crippen LogP contribution is -2.36. The number of carbonyl (C=O) groups is 1. The van der Waals surface area contributed by atoms with Gasteiger partial charge in [0.15, 0.2) is 0 Å². The van der Waals surface area contributed by atoms with E-state index in [1.54, 1.807) is 18.0 Å². The van der Waals surface area contributed by atoms with Crippen LogP contribution in [0.4, 0.5) is 8.78 Å². The smallest absolute Gasteiger partial charge is 0.329 e. The van der Waals surface area contributed by atoms with Gasteiger partial charge in [0.25, 0.3) is 0 Å².